The molecule has 0 atom stereocenters. The van der Waals surface area contributed by atoms with Crippen molar-refractivity contribution >= 4 is 27.8 Å². The Morgan fingerprint density at radius 1 is 1.38 bits per heavy atom. The van der Waals surface area contributed by atoms with Gasteiger partial charge in [0.25, 0.3) is 0 Å². The number of rotatable bonds is 3. The zero-order chi connectivity index (χ0) is 11.7. The maximum Gasteiger partial charge on any atom is 0.180 e. The normalized spacial score (nSPS) is 11.2. The van der Waals surface area contributed by atoms with E-state index in [1.54, 1.807) is 11.3 Å². The molecule has 0 radical (unpaired) electrons. The number of anilines is 1. The van der Waals surface area contributed by atoms with Crippen LogP contribution in [0.2, 0.25) is 0 Å². The van der Waals surface area contributed by atoms with Gasteiger partial charge in [0.15, 0.2) is 5.13 Å². The molecular weight excluding hydrogens is 238 g/mol. The fraction of sp³-hybridized carbons (Fsp3) is 0.455. The summed E-state index contributed by atoms with van der Waals surface area (Å²) in [6.07, 6.45) is 0.940. The standard InChI is InChI=1S/C11H15N3S2/c1-4-7-9(8-5-15-11(12)14-8)16-10(13-7)6(2)3/h5-6H,4H2,1-3H3,(H2,12,14). The minimum Gasteiger partial charge on any atom is -0.375 e. The topological polar surface area (TPSA) is 51.8 Å². The second kappa shape index (κ2) is 4.51. The molecule has 0 saturated carbocycles. The van der Waals surface area contributed by atoms with E-state index < -0.39 is 0 Å². The van der Waals surface area contributed by atoms with E-state index in [4.69, 9.17) is 5.73 Å². The summed E-state index contributed by atoms with van der Waals surface area (Å²) < 4.78 is 0. The Labute approximate surface area is 103 Å². The SMILES string of the molecule is CCc1nc(C(C)C)sc1-c1csc(N)n1. The molecule has 0 bridgehead atoms. The third kappa shape index (κ3) is 2.10. The maximum absolute atomic E-state index is 5.67. The molecule has 3 nitrogen and oxygen atoms in total. The van der Waals surface area contributed by atoms with Gasteiger partial charge in [-0.3, -0.25) is 0 Å². The van der Waals surface area contributed by atoms with Crippen molar-refractivity contribution in [2.45, 2.75) is 33.1 Å². The number of nitrogens with two attached hydrogens (primary N) is 1. The van der Waals surface area contributed by atoms with Crippen LogP contribution in [0.1, 0.15) is 37.4 Å². The highest BCUT2D eigenvalue weighted by atomic mass is 32.1. The number of nitrogen functional groups attached to an aromatic ring is 1. The Morgan fingerprint density at radius 2 is 2.12 bits per heavy atom. The van der Waals surface area contributed by atoms with Crippen molar-refractivity contribution in [3.05, 3.63) is 16.1 Å². The lowest BCUT2D eigenvalue weighted by atomic mass is 10.2. The van der Waals surface area contributed by atoms with Crippen LogP contribution < -0.4 is 5.73 Å². The number of aromatic nitrogens is 2. The van der Waals surface area contributed by atoms with Gasteiger partial charge in [0, 0.05) is 11.3 Å². The lowest BCUT2D eigenvalue weighted by molar-refractivity contribution is 0.840. The number of hydrogen-bond acceptors (Lipinski definition) is 5. The van der Waals surface area contributed by atoms with Crippen molar-refractivity contribution in [3.63, 3.8) is 0 Å². The highest BCUT2D eigenvalue weighted by molar-refractivity contribution is 7.16. The van der Waals surface area contributed by atoms with Crippen LogP contribution in [-0.4, -0.2) is 9.97 Å². The van der Waals surface area contributed by atoms with E-state index in [2.05, 4.69) is 30.7 Å². The predicted molar refractivity (Wildman–Crippen MR) is 71.1 cm³/mol. The van der Waals surface area contributed by atoms with Crippen LogP contribution in [-0.2, 0) is 6.42 Å². The Morgan fingerprint density at radius 3 is 2.62 bits per heavy atom. The molecule has 5 heteroatoms. The van der Waals surface area contributed by atoms with Crippen molar-refractivity contribution < 1.29 is 0 Å². The molecule has 0 aromatic carbocycles. The quantitative estimate of drug-likeness (QED) is 0.910. The Bertz CT molecular complexity index is 485. The predicted octanol–water partition coefficient (Wildman–Crippen LogP) is 3.53. The summed E-state index contributed by atoms with van der Waals surface area (Å²) in [5.74, 6) is 0.472. The molecule has 0 fully saturated rings. The largest absolute Gasteiger partial charge is 0.375 e. The first kappa shape index (κ1) is 11.5. The van der Waals surface area contributed by atoms with Crippen molar-refractivity contribution in [1.82, 2.24) is 9.97 Å². The fourth-order valence-electron chi connectivity index (χ4n) is 1.45. The molecule has 0 aliphatic carbocycles. The molecule has 2 aromatic rings. The van der Waals surface area contributed by atoms with Crippen molar-refractivity contribution in [3.8, 4) is 10.6 Å². The zero-order valence-corrected chi connectivity index (χ0v) is 11.3. The average molecular weight is 253 g/mol. The van der Waals surface area contributed by atoms with Gasteiger partial charge < -0.3 is 5.73 Å². The van der Waals surface area contributed by atoms with E-state index >= 15 is 0 Å². The van der Waals surface area contributed by atoms with E-state index in [0.717, 1.165) is 17.8 Å². The van der Waals surface area contributed by atoms with Gasteiger partial charge in [0.2, 0.25) is 0 Å². The van der Waals surface area contributed by atoms with Crippen LogP contribution >= 0.6 is 22.7 Å². The molecule has 0 saturated heterocycles. The van der Waals surface area contributed by atoms with Crippen LogP contribution in [0, 0.1) is 0 Å². The number of hydrogen-bond donors (Lipinski definition) is 1. The monoisotopic (exact) mass is 253 g/mol. The summed E-state index contributed by atoms with van der Waals surface area (Å²) >= 11 is 3.22. The van der Waals surface area contributed by atoms with E-state index in [9.17, 15) is 0 Å². The van der Waals surface area contributed by atoms with Crippen LogP contribution in [0.15, 0.2) is 5.38 Å². The fourth-order valence-corrected chi connectivity index (χ4v) is 3.19. The zero-order valence-electron chi connectivity index (χ0n) is 9.65. The minimum absolute atomic E-state index is 0.472. The molecule has 2 rings (SSSR count). The maximum atomic E-state index is 5.67. The molecule has 0 aliphatic heterocycles. The van der Waals surface area contributed by atoms with Gasteiger partial charge in [0.05, 0.1) is 21.3 Å². The summed E-state index contributed by atoms with van der Waals surface area (Å²) in [5.41, 5.74) is 7.78. The molecule has 2 N–H and O–H groups in total. The van der Waals surface area contributed by atoms with Gasteiger partial charge in [-0.1, -0.05) is 20.8 Å². The Kier molecular flexibility index (Phi) is 3.25. The molecular formula is C11H15N3S2. The van der Waals surface area contributed by atoms with E-state index in [0.29, 0.717) is 11.0 Å². The first-order valence-electron chi connectivity index (χ1n) is 5.32. The summed E-state index contributed by atoms with van der Waals surface area (Å²) in [6.45, 7) is 6.45. The molecule has 2 heterocycles. The molecule has 16 heavy (non-hydrogen) atoms. The van der Waals surface area contributed by atoms with Crippen LogP contribution in [0.4, 0.5) is 5.13 Å². The third-order valence-corrected chi connectivity index (χ3v) is 4.39. The van der Waals surface area contributed by atoms with Gasteiger partial charge in [0.1, 0.15) is 0 Å². The minimum atomic E-state index is 0.472. The summed E-state index contributed by atoms with van der Waals surface area (Å²) in [6, 6.07) is 0. The Balaban J connectivity index is 2.47. The van der Waals surface area contributed by atoms with Crippen molar-refractivity contribution in [2.24, 2.45) is 0 Å². The number of thiazole rings is 2. The molecule has 0 amide bonds. The van der Waals surface area contributed by atoms with E-state index in [-0.39, 0.29) is 0 Å². The van der Waals surface area contributed by atoms with Gasteiger partial charge in [-0.25, -0.2) is 9.97 Å². The number of aryl methyl sites for hydroxylation is 1. The van der Waals surface area contributed by atoms with Crippen LogP contribution in [0.5, 0.6) is 0 Å². The lowest BCUT2D eigenvalue weighted by Gasteiger charge is -1.95. The summed E-state index contributed by atoms with van der Waals surface area (Å²) in [4.78, 5) is 10.2. The van der Waals surface area contributed by atoms with Gasteiger partial charge in [-0.2, -0.15) is 0 Å². The first-order valence-corrected chi connectivity index (χ1v) is 7.02. The highest BCUT2D eigenvalue weighted by Crippen LogP contribution is 2.34. The first-order chi connectivity index (χ1) is 7.61. The summed E-state index contributed by atoms with van der Waals surface area (Å²) in [5, 5.41) is 3.81. The third-order valence-electron chi connectivity index (χ3n) is 2.30. The molecule has 0 spiro atoms. The van der Waals surface area contributed by atoms with Crippen molar-refractivity contribution in [2.75, 3.05) is 5.73 Å². The number of nitrogens with zero attached hydrogens (tertiary/aromatic N) is 2. The Hall–Kier alpha value is -0.940. The second-order valence-corrected chi connectivity index (χ2v) is 5.83. The molecule has 0 unspecified atom stereocenters. The van der Waals surface area contributed by atoms with E-state index in [1.165, 1.54) is 21.2 Å². The smallest absolute Gasteiger partial charge is 0.180 e. The second-order valence-electron chi connectivity index (χ2n) is 3.91. The lowest BCUT2D eigenvalue weighted by Crippen LogP contribution is -1.88. The van der Waals surface area contributed by atoms with Gasteiger partial charge in [-0.15, -0.1) is 22.7 Å². The summed E-state index contributed by atoms with van der Waals surface area (Å²) in [7, 11) is 0. The molecule has 0 aliphatic rings. The molecule has 2 aromatic heterocycles. The molecule has 86 valence electrons. The van der Waals surface area contributed by atoms with Gasteiger partial charge >= 0.3 is 0 Å². The van der Waals surface area contributed by atoms with Crippen LogP contribution in [0.25, 0.3) is 10.6 Å². The van der Waals surface area contributed by atoms with Crippen LogP contribution in [0.3, 0.4) is 0 Å². The highest BCUT2D eigenvalue weighted by Gasteiger charge is 2.15. The van der Waals surface area contributed by atoms with E-state index in [1.807, 2.05) is 5.38 Å². The van der Waals surface area contributed by atoms with Crippen molar-refractivity contribution in [1.29, 1.82) is 0 Å². The van der Waals surface area contributed by atoms with Gasteiger partial charge in [-0.05, 0) is 6.42 Å². The average Bonchev–Trinajstić information content (AvgIpc) is 2.82.